The molecule has 1 aliphatic heterocycles. The minimum Gasteiger partial charge on any atom is -0.476 e. The molecule has 1 amide bonds. The molecule has 8 nitrogen and oxygen atoms in total. The van der Waals surface area contributed by atoms with Crippen LogP contribution in [0.1, 0.15) is 84.4 Å². The zero-order chi connectivity index (χ0) is 27.5. The third-order valence-corrected chi connectivity index (χ3v) is 6.87. The molecule has 1 fully saturated rings. The van der Waals surface area contributed by atoms with Gasteiger partial charge >= 0.3 is 0 Å². The maximum atomic E-state index is 13.3. The van der Waals surface area contributed by atoms with Gasteiger partial charge in [-0.05, 0) is 76.4 Å². The zero-order valence-corrected chi connectivity index (χ0v) is 24.2. The average Bonchev–Trinajstić information content (AvgIpc) is 3.22. The standard InChI is InChI=1S/C28H40N6O2.C2H6.2H2/c1-5-12-34(13-6-2)28-31-25(19-26(32-28)36-17-16-33-14-8-7-9-15-33)27(35)30-22-10-11-24-23(18-22)20(3)21(4)29-24;1-2;;/h10-11,18-19,29H,5-9,12-17H2,1-4H3,(H,30,35);1-2H3;2*1H. The number of nitrogens with one attached hydrogen (secondary N) is 2. The lowest BCUT2D eigenvalue weighted by atomic mass is 10.1. The Bertz CT molecular complexity index is 1170. The number of H-pyrrole nitrogens is 1. The molecule has 0 spiro atoms. The number of hydrogen-bond acceptors (Lipinski definition) is 6. The number of ether oxygens (including phenoxy) is 1. The van der Waals surface area contributed by atoms with Gasteiger partial charge in [-0.25, -0.2) is 4.98 Å². The number of piperidine rings is 1. The third-order valence-electron chi connectivity index (χ3n) is 6.87. The maximum Gasteiger partial charge on any atom is 0.274 e. The first-order valence-electron chi connectivity index (χ1n) is 14.4. The summed E-state index contributed by atoms with van der Waals surface area (Å²) in [6, 6.07) is 7.57. The van der Waals surface area contributed by atoms with E-state index in [9.17, 15) is 4.79 Å². The van der Waals surface area contributed by atoms with Crippen molar-refractivity contribution in [1.29, 1.82) is 0 Å². The molecule has 0 bridgehead atoms. The van der Waals surface area contributed by atoms with Gasteiger partial charge in [0, 0.05) is 50.8 Å². The Balaban J connectivity index is 0.00000196. The summed E-state index contributed by atoms with van der Waals surface area (Å²) in [4.78, 5) is 30.6. The molecule has 0 radical (unpaired) electrons. The number of carbonyl (C=O) groups is 1. The summed E-state index contributed by atoms with van der Waals surface area (Å²) in [5.74, 6) is 0.732. The Morgan fingerprint density at radius 1 is 1.08 bits per heavy atom. The molecule has 3 heterocycles. The predicted octanol–water partition coefficient (Wildman–Crippen LogP) is 6.84. The summed E-state index contributed by atoms with van der Waals surface area (Å²) >= 11 is 0. The second-order valence-corrected chi connectivity index (χ2v) is 9.72. The molecule has 0 unspecified atom stereocenters. The second kappa shape index (κ2) is 14.7. The van der Waals surface area contributed by atoms with Crippen LogP contribution >= 0.6 is 0 Å². The lowest BCUT2D eigenvalue weighted by molar-refractivity contribution is 0.102. The van der Waals surface area contributed by atoms with Crippen molar-refractivity contribution in [1.82, 2.24) is 19.9 Å². The number of aryl methyl sites for hydroxylation is 2. The summed E-state index contributed by atoms with van der Waals surface area (Å²) in [6.45, 7) is 17.7. The van der Waals surface area contributed by atoms with E-state index in [0.29, 0.717) is 24.1 Å². The van der Waals surface area contributed by atoms with Crippen molar-refractivity contribution in [2.24, 2.45) is 0 Å². The van der Waals surface area contributed by atoms with Crippen LogP contribution in [0.2, 0.25) is 0 Å². The zero-order valence-electron chi connectivity index (χ0n) is 24.2. The van der Waals surface area contributed by atoms with Crippen LogP contribution in [0.25, 0.3) is 10.9 Å². The Hall–Kier alpha value is -3.13. The Morgan fingerprint density at radius 2 is 1.79 bits per heavy atom. The van der Waals surface area contributed by atoms with Crippen molar-refractivity contribution in [2.75, 3.05) is 49.5 Å². The molecule has 4 rings (SSSR count). The van der Waals surface area contributed by atoms with Gasteiger partial charge in [-0.15, -0.1) is 0 Å². The van der Waals surface area contributed by atoms with E-state index < -0.39 is 0 Å². The smallest absolute Gasteiger partial charge is 0.274 e. The number of fused-ring (bicyclic) bond motifs is 1. The summed E-state index contributed by atoms with van der Waals surface area (Å²) < 4.78 is 6.07. The number of carbonyl (C=O) groups excluding carboxylic acids is 1. The number of nitrogens with zero attached hydrogens (tertiary/aromatic N) is 4. The minimum absolute atomic E-state index is 0. The van der Waals surface area contributed by atoms with Gasteiger partial charge in [-0.2, -0.15) is 4.98 Å². The summed E-state index contributed by atoms with van der Waals surface area (Å²) in [5, 5.41) is 4.13. The van der Waals surface area contributed by atoms with Crippen LogP contribution in [0.4, 0.5) is 11.6 Å². The van der Waals surface area contributed by atoms with E-state index in [-0.39, 0.29) is 8.76 Å². The molecule has 212 valence electrons. The van der Waals surface area contributed by atoms with Crippen LogP contribution in [0.5, 0.6) is 5.88 Å². The lowest BCUT2D eigenvalue weighted by Crippen LogP contribution is -2.33. The third kappa shape index (κ3) is 7.69. The first kappa shape index (κ1) is 29.4. The topological polar surface area (TPSA) is 86.4 Å². The van der Waals surface area contributed by atoms with Crippen LogP contribution in [0.15, 0.2) is 24.3 Å². The number of aromatic nitrogens is 3. The molecule has 1 aromatic carbocycles. The Labute approximate surface area is 231 Å². The van der Waals surface area contributed by atoms with Crippen molar-refractivity contribution in [3.05, 3.63) is 41.2 Å². The normalized spacial score (nSPS) is 13.6. The van der Waals surface area contributed by atoms with E-state index in [1.807, 2.05) is 32.0 Å². The second-order valence-electron chi connectivity index (χ2n) is 9.72. The highest BCUT2D eigenvalue weighted by molar-refractivity contribution is 6.04. The summed E-state index contributed by atoms with van der Waals surface area (Å²) in [7, 11) is 0. The van der Waals surface area contributed by atoms with Gasteiger partial charge in [0.25, 0.3) is 5.91 Å². The quantitative estimate of drug-likeness (QED) is 0.285. The fraction of sp³-hybridized carbons (Fsp3) is 0.567. The first-order chi connectivity index (χ1) is 18.5. The molecule has 1 aliphatic rings. The summed E-state index contributed by atoms with van der Waals surface area (Å²) in [6.07, 6.45) is 5.75. The number of benzene rings is 1. The van der Waals surface area contributed by atoms with Crippen LogP contribution in [-0.4, -0.2) is 65.1 Å². The van der Waals surface area contributed by atoms with Crippen molar-refractivity contribution in [2.45, 2.75) is 73.6 Å². The van der Waals surface area contributed by atoms with Gasteiger partial charge in [0.15, 0.2) is 0 Å². The number of amides is 1. The molecular weight excluding hydrogens is 476 g/mol. The van der Waals surface area contributed by atoms with E-state index in [0.717, 1.165) is 67.8 Å². The molecule has 3 aromatic rings. The van der Waals surface area contributed by atoms with Gasteiger partial charge in [-0.1, -0.05) is 34.1 Å². The molecule has 0 aliphatic carbocycles. The monoisotopic (exact) mass is 526 g/mol. The van der Waals surface area contributed by atoms with Crippen molar-refractivity contribution >= 4 is 28.4 Å². The van der Waals surface area contributed by atoms with E-state index >= 15 is 0 Å². The number of likely N-dealkylation sites (tertiary alicyclic amines) is 1. The number of anilines is 2. The minimum atomic E-state index is -0.267. The van der Waals surface area contributed by atoms with Crippen molar-refractivity contribution in [3.63, 3.8) is 0 Å². The fourth-order valence-electron chi connectivity index (χ4n) is 4.79. The maximum absolute atomic E-state index is 13.3. The van der Waals surface area contributed by atoms with Gasteiger partial charge in [0.1, 0.15) is 12.3 Å². The van der Waals surface area contributed by atoms with Crippen molar-refractivity contribution in [3.8, 4) is 5.88 Å². The molecule has 2 aromatic heterocycles. The molecule has 38 heavy (non-hydrogen) atoms. The Morgan fingerprint density at radius 3 is 2.47 bits per heavy atom. The number of hydrogen-bond donors (Lipinski definition) is 2. The number of aromatic amines is 1. The van der Waals surface area contributed by atoms with Crippen LogP contribution < -0.4 is 15.0 Å². The van der Waals surface area contributed by atoms with Crippen LogP contribution in [0, 0.1) is 13.8 Å². The highest BCUT2D eigenvalue weighted by Gasteiger charge is 2.18. The number of rotatable bonds is 11. The fourth-order valence-corrected chi connectivity index (χ4v) is 4.79. The molecule has 2 N–H and O–H groups in total. The van der Waals surface area contributed by atoms with Gasteiger partial charge in [0.2, 0.25) is 11.8 Å². The molecule has 1 saturated heterocycles. The van der Waals surface area contributed by atoms with Crippen molar-refractivity contribution < 1.29 is 12.4 Å². The van der Waals surface area contributed by atoms with E-state index in [4.69, 9.17) is 4.74 Å². The van der Waals surface area contributed by atoms with Gasteiger partial charge in [0.05, 0.1) is 0 Å². The van der Waals surface area contributed by atoms with Gasteiger partial charge in [-0.3, -0.25) is 9.69 Å². The predicted molar refractivity (Wildman–Crippen MR) is 162 cm³/mol. The van der Waals surface area contributed by atoms with Gasteiger partial charge < -0.3 is 19.9 Å². The molecule has 8 heteroatoms. The SMILES string of the molecule is CC.CCCN(CCC)c1nc(OCCN2CCCCC2)cc(C(=O)Nc2ccc3[nH]c(C)c(C)c3c2)n1.[HH].[HH]. The first-order valence-corrected chi connectivity index (χ1v) is 14.4. The lowest BCUT2D eigenvalue weighted by Gasteiger charge is -2.26. The summed E-state index contributed by atoms with van der Waals surface area (Å²) in [5.41, 5.74) is 4.43. The molecule has 0 saturated carbocycles. The van der Waals surface area contributed by atoms with E-state index in [2.05, 4.69) is 57.8 Å². The average molecular weight is 527 g/mol. The highest BCUT2D eigenvalue weighted by Crippen LogP contribution is 2.25. The van der Waals surface area contributed by atoms with E-state index in [1.165, 1.54) is 24.8 Å². The largest absolute Gasteiger partial charge is 0.476 e. The molecule has 0 atom stereocenters. The van der Waals surface area contributed by atoms with Crippen LogP contribution in [-0.2, 0) is 0 Å². The van der Waals surface area contributed by atoms with E-state index in [1.54, 1.807) is 6.07 Å². The molecular formula is C30H50N6O2. The van der Waals surface area contributed by atoms with Crippen LogP contribution in [0.3, 0.4) is 0 Å². The highest BCUT2D eigenvalue weighted by atomic mass is 16.5. The Kier molecular flexibility index (Phi) is 11.4.